The Morgan fingerprint density at radius 1 is 1.26 bits per heavy atom. The molecule has 1 aliphatic carbocycles. The van der Waals surface area contributed by atoms with E-state index in [9.17, 15) is 9.18 Å². The summed E-state index contributed by atoms with van der Waals surface area (Å²) >= 11 is 0. The van der Waals surface area contributed by atoms with Crippen molar-refractivity contribution in [1.29, 1.82) is 0 Å². The normalized spacial score (nSPS) is 22.7. The lowest BCUT2D eigenvalue weighted by atomic mass is 9.71. The molecular formula is C26H29FN4O3. The quantitative estimate of drug-likeness (QED) is 0.686. The standard InChI is InChI=1S/C26H29FN4O3/c1-2-34-25(32)23-22(17-31-12-14-33-15-13-31)29-24(21-7-3-4-11-28-21)30-26(23)10-5-6-18-8-9-19(27)16-20(18)26/h3-4,7-9,11,16H,2,5-6,10,12-15,17H2,1H3,(H,29,30). The van der Waals surface area contributed by atoms with E-state index in [1.54, 1.807) is 13.1 Å². The minimum Gasteiger partial charge on any atom is -0.463 e. The maximum absolute atomic E-state index is 14.6. The van der Waals surface area contributed by atoms with E-state index in [1.807, 2.05) is 24.3 Å². The number of halogens is 1. The molecule has 2 aliphatic heterocycles. The third-order valence-corrected chi connectivity index (χ3v) is 6.66. The molecule has 7 nitrogen and oxygen atoms in total. The van der Waals surface area contributed by atoms with Crippen LogP contribution in [0.3, 0.4) is 0 Å². The predicted octanol–water partition coefficient (Wildman–Crippen LogP) is 2.95. The molecule has 0 saturated carbocycles. The van der Waals surface area contributed by atoms with Crippen molar-refractivity contribution in [2.24, 2.45) is 4.99 Å². The molecule has 3 heterocycles. The average molecular weight is 465 g/mol. The largest absolute Gasteiger partial charge is 0.463 e. The van der Waals surface area contributed by atoms with Gasteiger partial charge >= 0.3 is 5.97 Å². The zero-order valence-corrected chi connectivity index (χ0v) is 19.3. The zero-order valence-electron chi connectivity index (χ0n) is 19.3. The first-order valence-corrected chi connectivity index (χ1v) is 11.9. The Balaban J connectivity index is 1.72. The van der Waals surface area contributed by atoms with E-state index in [0.29, 0.717) is 43.3 Å². The second-order valence-electron chi connectivity index (χ2n) is 8.78. The number of ether oxygens (including phenoxy) is 2. The fraction of sp³-hybridized carbons (Fsp3) is 0.423. The molecule has 1 aromatic carbocycles. The highest BCUT2D eigenvalue weighted by atomic mass is 19.1. The van der Waals surface area contributed by atoms with E-state index in [0.717, 1.165) is 42.8 Å². The lowest BCUT2D eigenvalue weighted by Gasteiger charge is -2.42. The molecule has 1 saturated heterocycles. The molecule has 1 N–H and O–H groups in total. The summed E-state index contributed by atoms with van der Waals surface area (Å²) in [5, 5.41) is 3.41. The zero-order chi connectivity index (χ0) is 23.5. The molecule has 0 amide bonds. The number of morpholine rings is 1. The first-order valence-electron chi connectivity index (χ1n) is 11.9. The summed E-state index contributed by atoms with van der Waals surface area (Å²) in [5.41, 5.74) is 2.57. The monoisotopic (exact) mass is 464 g/mol. The van der Waals surface area contributed by atoms with Crippen LogP contribution in [0.25, 0.3) is 0 Å². The lowest BCUT2D eigenvalue weighted by molar-refractivity contribution is -0.139. The van der Waals surface area contributed by atoms with Gasteiger partial charge in [-0.1, -0.05) is 12.1 Å². The Bertz CT molecular complexity index is 1130. The number of aromatic nitrogens is 1. The van der Waals surface area contributed by atoms with Gasteiger partial charge in [-0.15, -0.1) is 0 Å². The van der Waals surface area contributed by atoms with Crippen molar-refractivity contribution in [1.82, 2.24) is 15.2 Å². The average Bonchev–Trinajstić information content (AvgIpc) is 2.86. The highest BCUT2D eigenvalue weighted by Gasteiger charge is 2.48. The third-order valence-electron chi connectivity index (χ3n) is 6.66. The molecule has 3 aliphatic rings. The predicted molar refractivity (Wildman–Crippen MR) is 126 cm³/mol. The molecular weight excluding hydrogens is 435 g/mol. The highest BCUT2D eigenvalue weighted by Crippen LogP contribution is 2.47. The van der Waals surface area contributed by atoms with Crippen LogP contribution in [0, 0.1) is 5.82 Å². The van der Waals surface area contributed by atoms with Crippen LogP contribution in [0.2, 0.25) is 0 Å². The third kappa shape index (κ3) is 4.23. The maximum atomic E-state index is 14.6. The van der Waals surface area contributed by atoms with Crippen molar-refractivity contribution in [3.05, 3.63) is 76.5 Å². The van der Waals surface area contributed by atoms with E-state index < -0.39 is 11.5 Å². The van der Waals surface area contributed by atoms with Gasteiger partial charge in [0.05, 0.1) is 25.4 Å². The summed E-state index contributed by atoms with van der Waals surface area (Å²) in [4.78, 5) is 25.4. The molecule has 34 heavy (non-hydrogen) atoms. The molecule has 0 radical (unpaired) electrons. The summed E-state index contributed by atoms with van der Waals surface area (Å²) in [6, 6.07) is 10.5. The summed E-state index contributed by atoms with van der Waals surface area (Å²) < 4.78 is 25.6. The van der Waals surface area contributed by atoms with Crippen molar-refractivity contribution < 1.29 is 18.7 Å². The second-order valence-corrected chi connectivity index (χ2v) is 8.78. The Morgan fingerprint density at radius 2 is 2.12 bits per heavy atom. The van der Waals surface area contributed by atoms with Gasteiger partial charge in [0, 0.05) is 31.5 Å². The number of hydrogen-bond donors (Lipinski definition) is 1. The number of fused-ring (bicyclic) bond motifs is 2. The number of hydrogen-bond acceptors (Lipinski definition) is 7. The van der Waals surface area contributed by atoms with Gasteiger partial charge in [-0.2, -0.15) is 0 Å². The molecule has 8 heteroatoms. The van der Waals surface area contributed by atoms with E-state index >= 15 is 0 Å². The summed E-state index contributed by atoms with van der Waals surface area (Å²) in [6.45, 7) is 5.35. The number of pyridine rings is 1. The van der Waals surface area contributed by atoms with Crippen molar-refractivity contribution in [2.75, 3.05) is 39.5 Å². The first kappa shape index (κ1) is 22.7. The van der Waals surface area contributed by atoms with Gasteiger partial charge in [0.1, 0.15) is 17.1 Å². The number of nitrogens with zero attached hydrogens (tertiary/aromatic N) is 3. The number of aryl methyl sites for hydroxylation is 1. The number of esters is 1. The number of carbonyl (C=O) groups excluding carboxylic acids is 1. The Kier molecular flexibility index (Phi) is 6.43. The van der Waals surface area contributed by atoms with Gasteiger partial charge in [-0.05, 0) is 61.6 Å². The van der Waals surface area contributed by atoms with Crippen LogP contribution in [0.1, 0.15) is 36.6 Å². The Labute approximate surface area is 198 Å². The number of carbonyl (C=O) groups is 1. The van der Waals surface area contributed by atoms with E-state index in [4.69, 9.17) is 14.5 Å². The first-order chi connectivity index (χ1) is 16.6. The topological polar surface area (TPSA) is 76.0 Å². The highest BCUT2D eigenvalue weighted by molar-refractivity contribution is 6.03. The molecule has 1 spiro atoms. The lowest BCUT2D eigenvalue weighted by Crippen LogP contribution is -2.48. The summed E-state index contributed by atoms with van der Waals surface area (Å²) in [7, 11) is 0. The van der Waals surface area contributed by atoms with Crippen LogP contribution in [0.5, 0.6) is 0 Å². The minimum absolute atomic E-state index is 0.246. The van der Waals surface area contributed by atoms with E-state index in [-0.39, 0.29) is 12.4 Å². The van der Waals surface area contributed by atoms with Gasteiger partial charge in [-0.25, -0.2) is 14.2 Å². The molecule has 0 bridgehead atoms. The number of amidine groups is 1. The van der Waals surface area contributed by atoms with Gasteiger partial charge in [0.15, 0.2) is 5.84 Å². The SMILES string of the molecule is CCOC(=O)C1=C(CN2CCOCC2)NC(c2ccccn2)=NC12CCCc1ccc(F)cc12. The fourth-order valence-corrected chi connectivity index (χ4v) is 5.15. The van der Waals surface area contributed by atoms with Crippen LogP contribution in [-0.4, -0.2) is 61.1 Å². The summed E-state index contributed by atoms with van der Waals surface area (Å²) in [6.07, 6.45) is 3.94. The molecule has 1 fully saturated rings. The molecule has 1 atom stereocenters. The van der Waals surface area contributed by atoms with Gasteiger partial charge in [0.25, 0.3) is 0 Å². The number of nitrogens with one attached hydrogen (secondary N) is 1. The second kappa shape index (κ2) is 9.64. The van der Waals surface area contributed by atoms with Crippen LogP contribution in [0.15, 0.2) is 58.9 Å². The molecule has 2 aromatic rings. The van der Waals surface area contributed by atoms with Gasteiger partial charge in [0.2, 0.25) is 0 Å². The van der Waals surface area contributed by atoms with Crippen molar-refractivity contribution in [2.45, 2.75) is 31.7 Å². The van der Waals surface area contributed by atoms with Crippen LogP contribution in [-0.2, 0) is 26.2 Å². The molecule has 178 valence electrons. The van der Waals surface area contributed by atoms with E-state index in [1.165, 1.54) is 12.1 Å². The molecule has 1 unspecified atom stereocenters. The maximum Gasteiger partial charge on any atom is 0.338 e. The smallest absolute Gasteiger partial charge is 0.338 e. The number of aliphatic imine (C=N–C) groups is 1. The van der Waals surface area contributed by atoms with Crippen molar-refractivity contribution >= 4 is 11.8 Å². The van der Waals surface area contributed by atoms with Crippen molar-refractivity contribution in [3.63, 3.8) is 0 Å². The van der Waals surface area contributed by atoms with Crippen LogP contribution >= 0.6 is 0 Å². The van der Waals surface area contributed by atoms with Crippen LogP contribution < -0.4 is 5.32 Å². The van der Waals surface area contributed by atoms with Gasteiger partial charge in [-0.3, -0.25) is 9.88 Å². The van der Waals surface area contributed by atoms with E-state index in [2.05, 4.69) is 15.2 Å². The minimum atomic E-state index is -1.04. The fourth-order valence-electron chi connectivity index (χ4n) is 5.15. The number of rotatable bonds is 5. The number of benzene rings is 1. The van der Waals surface area contributed by atoms with Gasteiger partial charge < -0.3 is 14.8 Å². The molecule has 1 aromatic heterocycles. The Morgan fingerprint density at radius 3 is 2.88 bits per heavy atom. The summed E-state index contributed by atoms with van der Waals surface area (Å²) in [5.74, 6) is -0.181. The van der Waals surface area contributed by atoms with Crippen LogP contribution in [0.4, 0.5) is 4.39 Å². The molecule has 5 rings (SSSR count). The van der Waals surface area contributed by atoms with Crippen molar-refractivity contribution in [3.8, 4) is 0 Å². The Hall–Kier alpha value is -3.10.